The molecule has 0 spiro atoms. The zero-order valence-electron chi connectivity index (χ0n) is 17.6. The summed E-state index contributed by atoms with van der Waals surface area (Å²) in [5.74, 6) is 3.73. The van der Waals surface area contributed by atoms with E-state index < -0.39 is 0 Å². The zero-order chi connectivity index (χ0) is 21.0. The van der Waals surface area contributed by atoms with Crippen LogP contribution in [0, 0.1) is 6.92 Å². The van der Waals surface area contributed by atoms with Crippen molar-refractivity contribution in [2.75, 3.05) is 69.6 Å². The van der Waals surface area contributed by atoms with Crippen molar-refractivity contribution in [1.82, 2.24) is 14.9 Å². The van der Waals surface area contributed by atoms with E-state index in [9.17, 15) is 4.79 Å². The van der Waals surface area contributed by atoms with Crippen molar-refractivity contribution < 1.29 is 14.3 Å². The topological polar surface area (TPSA) is 83.1 Å². The van der Waals surface area contributed by atoms with Crippen molar-refractivity contribution in [3.8, 4) is 11.5 Å². The number of rotatable bonds is 5. The lowest BCUT2D eigenvalue weighted by molar-refractivity contribution is 0.208. The maximum Gasteiger partial charge on any atom is 0.322 e. The molecule has 0 saturated carbocycles. The van der Waals surface area contributed by atoms with E-state index >= 15 is 0 Å². The van der Waals surface area contributed by atoms with E-state index in [4.69, 9.17) is 9.47 Å². The molecule has 2 aromatic rings. The molecular formula is C20H28N6O3. The number of nitrogens with zero attached hydrogens (tertiary/aromatic N) is 5. The average molecular weight is 400 g/mol. The van der Waals surface area contributed by atoms with Gasteiger partial charge in [0.15, 0.2) is 0 Å². The standard InChI is InChI=1S/C20H28N6O3/c1-14-21-18(24(2)3)13-19(22-14)25-8-10-26(11-9-25)20(27)23-16-7-6-15(28-4)12-17(16)29-5/h6-7,12-13H,8-11H2,1-5H3,(H,23,27). The number of aromatic nitrogens is 2. The number of anilines is 3. The molecule has 1 aliphatic rings. The van der Waals surface area contributed by atoms with Gasteiger partial charge >= 0.3 is 6.03 Å². The molecule has 1 aromatic heterocycles. The van der Waals surface area contributed by atoms with Gasteiger partial charge in [-0.1, -0.05) is 0 Å². The molecule has 1 fully saturated rings. The lowest BCUT2D eigenvalue weighted by Crippen LogP contribution is -2.50. The van der Waals surface area contributed by atoms with E-state index in [1.165, 1.54) is 0 Å². The van der Waals surface area contributed by atoms with Crippen LogP contribution in [-0.2, 0) is 0 Å². The maximum absolute atomic E-state index is 12.7. The summed E-state index contributed by atoms with van der Waals surface area (Å²) in [6.07, 6.45) is 0. The number of aryl methyl sites for hydroxylation is 1. The third-order valence-corrected chi connectivity index (χ3v) is 4.81. The van der Waals surface area contributed by atoms with Gasteiger partial charge in [0.05, 0.1) is 19.9 Å². The molecule has 3 rings (SSSR count). The fraction of sp³-hybridized carbons (Fsp3) is 0.450. The first-order valence-electron chi connectivity index (χ1n) is 9.47. The van der Waals surface area contributed by atoms with Crippen molar-refractivity contribution in [2.24, 2.45) is 0 Å². The van der Waals surface area contributed by atoms with Crippen LogP contribution < -0.4 is 24.6 Å². The van der Waals surface area contributed by atoms with Gasteiger partial charge in [0.2, 0.25) is 0 Å². The van der Waals surface area contributed by atoms with Crippen molar-refractivity contribution in [3.63, 3.8) is 0 Å². The number of carbonyl (C=O) groups is 1. The van der Waals surface area contributed by atoms with Crippen LogP contribution in [0.25, 0.3) is 0 Å². The maximum atomic E-state index is 12.7. The summed E-state index contributed by atoms with van der Waals surface area (Å²) < 4.78 is 10.5. The normalized spacial score (nSPS) is 13.8. The second kappa shape index (κ2) is 8.85. The van der Waals surface area contributed by atoms with Gasteiger partial charge in [-0.25, -0.2) is 14.8 Å². The Kier molecular flexibility index (Phi) is 6.26. The van der Waals surface area contributed by atoms with Gasteiger partial charge in [-0.2, -0.15) is 0 Å². The summed E-state index contributed by atoms with van der Waals surface area (Å²) in [6, 6.07) is 7.13. The molecule has 0 aliphatic carbocycles. The minimum absolute atomic E-state index is 0.152. The predicted octanol–water partition coefficient (Wildman–Crippen LogP) is 2.22. The molecule has 156 valence electrons. The molecule has 9 heteroatoms. The van der Waals surface area contributed by atoms with Crippen LogP contribution in [0.2, 0.25) is 0 Å². The largest absolute Gasteiger partial charge is 0.497 e. The molecule has 9 nitrogen and oxygen atoms in total. The number of piperazine rings is 1. The number of benzene rings is 1. The molecule has 1 aliphatic heterocycles. The van der Waals surface area contributed by atoms with Crippen LogP contribution in [0.15, 0.2) is 24.3 Å². The van der Waals surface area contributed by atoms with Gasteiger partial charge in [-0.3, -0.25) is 0 Å². The van der Waals surface area contributed by atoms with Gasteiger partial charge in [-0.15, -0.1) is 0 Å². The smallest absolute Gasteiger partial charge is 0.322 e. The molecule has 1 saturated heterocycles. The van der Waals surface area contributed by atoms with Crippen LogP contribution in [-0.4, -0.2) is 75.4 Å². The molecule has 2 heterocycles. The highest BCUT2D eigenvalue weighted by atomic mass is 16.5. The average Bonchev–Trinajstić information content (AvgIpc) is 2.73. The molecule has 2 amide bonds. The number of amides is 2. The molecule has 0 bridgehead atoms. The molecule has 29 heavy (non-hydrogen) atoms. The monoisotopic (exact) mass is 400 g/mol. The van der Waals surface area contributed by atoms with E-state index in [0.717, 1.165) is 17.5 Å². The number of hydrogen-bond acceptors (Lipinski definition) is 7. The summed E-state index contributed by atoms with van der Waals surface area (Å²) in [7, 11) is 7.07. The molecule has 1 aromatic carbocycles. The second-order valence-corrected chi connectivity index (χ2v) is 7.00. The van der Waals surface area contributed by atoms with E-state index in [0.29, 0.717) is 43.4 Å². The number of hydrogen-bond donors (Lipinski definition) is 1. The Morgan fingerprint density at radius 3 is 2.41 bits per heavy atom. The lowest BCUT2D eigenvalue weighted by Gasteiger charge is -2.35. The quantitative estimate of drug-likeness (QED) is 0.824. The summed E-state index contributed by atoms with van der Waals surface area (Å²) in [4.78, 5) is 27.6. The van der Waals surface area contributed by atoms with Gasteiger partial charge in [0, 0.05) is 52.4 Å². The van der Waals surface area contributed by atoms with Crippen LogP contribution in [0.4, 0.5) is 22.1 Å². The molecule has 0 unspecified atom stereocenters. The van der Waals surface area contributed by atoms with E-state index in [1.54, 1.807) is 37.3 Å². The SMILES string of the molecule is COc1ccc(NC(=O)N2CCN(c3cc(N(C)C)nc(C)n3)CC2)c(OC)c1. The van der Waals surface area contributed by atoms with Crippen molar-refractivity contribution in [1.29, 1.82) is 0 Å². The Morgan fingerprint density at radius 2 is 1.79 bits per heavy atom. The van der Waals surface area contributed by atoms with E-state index in [1.807, 2.05) is 32.0 Å². The fourth-order valence-corrected chi connectivity index (χ4v) is 3.16. The van der Waals surface area contributed by atoms with Crippen molar-refractivity contribution in [3.05, 3.63) is 30.1 Å². The first-order valence-corrected chi connectivity index (χ1v) is 9.47. The third kappa shape index (κ3) is 4.79. The Labute approximate surface area is 171 Å². The molecule has 0 atom stereocenters. The van der Waals surface area contributed by atoms with Gasteiger partial charge in [-0.05, 0) is 19.1 Å². The number of nitrogens with one attached hydrogen (secondary N) is 1. The minimum Gasteiger partial charge on any atom is -0.497 e. The first kappa shape index (κ1) is 20.5. The number of ether oxygens (including phenoxy) is 2. The second-order valence-electron chi connectivity index (χ2n) is 7.00. The van der Waals surface area contributed by atoms with Crippen LogP contribution in [0.1, 0.15) is 5.82 Å². The highest BCUT2D eigenvalue weighted by Gasteiger charge is 2.23. The highest BCUT2D eigenvalue weighted by molar-refractivity contribution is 5.91. The van der Waals surface area contributed by atoms with Gasteiger partial charge in [0.1, 0.15) is 29.0 Å². The van der Waals surface area contributed by atoms with Crippen molar-refractivity contribution in [2.45, 2.75) is 6.92 Å². The lowest BCUT2D eigenvalue weighted by atomic mass is 10.2. The Bertz CT molecular complexity index is 865. The summed E-state index contributed by atoms with van der Waals surface area (Å²) in [5.41, 5.74) is 0.614. The summed E-state index contributed by atoms with van der Waals surface area (Å²) >= 11 is 0. The Morgan fingerprint density at radius 1 is 1.07 bits per heavy atom. The predicted molar refractivity (Wildman–Crippen MR) is 113 cm³/mol. The summed E-state index contributed by atoms with van der Waals surface area (Å²) in [5, 5.41) is 2.93. The van der Waals surface area contributed by atoms with Crippen molar-refractivity contribution >= 4 is 23.4 Å². The molecule has 1 N–H and O–H groups in total. The van der Waals surface area contributed by atoms with Crippen LogP contribution in [0.5, 0.6) is 11.5 Å². The van der Waals surface area contributed by atoms with E-state index in [2.05, 4.69) is 20.2 Å². The number of carbonyl (C=O) groups excluding carboxylic acids is 1. The van der Waals surface area contributed by atoms with Gasteiger partial charge in [0.25, 0.3) is 0 Å². The first-order chi connectivity index (χ1) is 13.9. The number of urea groups is 1. The van der Waals surface area contributed by atoms with Gasteiger partial charge < -0.3 is 29.5 Å². The zero-order valence-corrected chi connectivity index (χ0v) is 17.6. The number of methoxy groups -OCH3 is 2. The van der Waals surface area contributed by atoms with Crippen LogP contribution >= 0.6 is 0 Å². The Balaban J connectivity index is 1.63. The van der Waals surface area contributed by atoms with Crippen LogP contribution in [0.3, 0.4) is 0 Å². The Hall–Kier alpha value is -3.23. The third-order valence-electron chi connectivity index (χ3n) is 4.81. The molecular weight excluding hydrogens is 372 g/mol. The minimum atomic E-state index is -0.152. The molecule has 0 radical (unpaired) electrons. The highest BCUT2D eigenvalue weighted by Crippen LogP contribution is 2.29. The summed E-state index contributed by atoms with van der Waals surface area (Å²) in [6.45, 7) is 4.50. The van der Waals surface area contributed by atoms with E-state index in [-0.39, 0.29) is 6.03 Å². The fourth-order valence-electron chi connectivity index (χ4n) is 3.16.